The molecule has 0 unspecified atom stereocenters. The minimum Gasteiger partial charge on any atom is -0.394 e. The fourth-order valence-electron chi connectivity index (χ4n) is 6.06. The Bertz CT molecular complexity index is 1060. The van der Waals surface area contributed by atoms with Gasteiger partial charge in [-0.2, -0.15) is 0 Å². The van der Waals surface area contributed by atoms with Crippen LogP contribution in [0, 0.1) is 0 Å². The average molecular weight is 706 g/mol. The maximum atomic E-state index is 11.3. The van der Waals surface area contributed by atoms with Gasteiger partial charge in [0.05, 0.1) is 42.8 Å². The number of aliphatic hydroxyl groups excluding tert-OH is 12. The number of ether oxygens (including phenoxy) is 7. The van der Waals surface area contributed by atoms with E-state index < -0.39 is 148 Å². The number of hydrogen-bond acceptors (Lipinski definition) is 21. The predicted octanol–water partition coefficient (Wildman–Crippen LogP) is -7.57. The van der Waals surface area contributed by atoms with Crippen molar-refractivity contribution in [1.29, 1.82) is 0 Å². The summed E-state index contributed by atoms with van der Waals surface area (Å²) in [6, 6.07) is 0. The summed E-state index contributed by atoms with van der Waals surface area (Å²) < 4.78 is 39.5. The molecule has 5 aliphatic heterocycles. The van der Waals surface area contributed by atoms with Crippen molar-refractivity contribution in [1.82, 2.24) is 0 Å². The van der Waals surface area contributed by atoms with E-state index in [0.29, 0.717) is 5.04 Å². The van der Waals surface area contributed by atoms with E-state index in [0.717, 1.165) is 0 Å². The van der Waals surface area contributed by atoms with Crippen LogP contribution < -0.4 is 0 Å². The summed E-state index contributed by atoms with van der Waals surface area (Å²) in [6.45, 7) is -1.14. The SMILES string of the molecule is CC1=N[C@H]2O[C@H](CO)[C@@H](O[C@@H]3O[C@H](CO[C@H]4O[C@H](CO)[C@@H](O)[C@H](O)[C@@H]4O)[C@@H](O)[C@H](O[C@H]4O[C@H](CO)[C@@H](O)[C@H](O)[C@@H]4O)[C@@H]3O)[C@H](O)[C@H]2S1. The first-order chi connectivity index (χ1) is 22.3. The van der Waals surface area contributed by atoms with Crippen molar-refractivity contribution in [3.8, 4) is 0 Å². The van der Waals surface area contributed by atoms with Crippen molar-refractivity contribution in [3.05, 3.63) is 0 Å². The van der Waals surface area contributed by atoms with Crippen molar-refractivity contribution in [3.63, 3.8) is 0 Å². The highest BCUT2D eigenvalue weighted by atomic mass is 32.2. The normalized spacial score (nSPS) is 52.2. The molecule has 0 amide bonds. The molecular formula is C26H43NO19S. The van der Waals surface area contributed by atoms with Gasteiger partial charge in [0.15, 0.2) is 25.1 Å². The monoisotopic (exact) mass is 705 g/mol. The molecule has 4 saturated heterocycles. The smallest absolute Gasteiger partial charge is 0.187 e. The first-order valence-corrected chi connectivity index (χ1v) is 15.9. The molecule has 5 rings (SSSR count). The van der Waals surface area contributed by atoms with Crippen LogP contribution in [0.4, 0.5) is 0 Å². The Kier molecular flexibility index (Phi) is 12.5. The van der Waals surface area contributed by atoms with Crippen molar-refractivity contribution < 1.29 is 94.4 Å². The quantitative estimate of drug-likeness (QED) is 0.100. The number of rotatable bonds is 10. The van der Waals surface area contributed by atoms with Crippen LogP contribution in [0.25, 0.3) is 0 Å². The minimum absolute atomic E-state index is 0.617. The average Bonchev–Trinajstić information content (AvgIpc) is 3.44. The van der Waals surface area contributed by atoms with E-state index >= 15 is 0 Å². The highest BCUT2D eigenvalue weighted by molar-refractivity contribution is 8.14. The summed E-state index contributed by atoms with van der Waals surface area (Å²) in [5.74, 6) is 0. The summed E-state index contributed by atoms with van der Waals surface area (Å²) in [6.07, 6.45) is -30.4. The second-order valence-electron chi connectivity index (χ2n) is 11.9. The molecule has 272 valence electrons. The molecule has 0 aromatic rings. The zero-order valence-corrected chi connectivity index (χ0v) is 25.8. The molecular weight excluding hydrogens is 662 g/mol. The predicted molar refractivity (Wildman–Crippen MR) is 150 cm³/mol. The van der Waals surface area contributed by atoms with Crippen molar-refractivity contribution in [2.75, 3.05) is 26.4 Å². The van der Waals surface area contributed by atoms with Crippen molar-refractivity contribution >= 4 is 16.8 Å². The molecule has 5 aliphatic rings. The Morgan fingerprint density at radius 3 is 1.66 bits per heavy atom. The molecule has 0 aliphatic carbocycles. The Balaban J connectivity index is 1.36. The number of aliphatic hydroxyl groups is 12. The first-order valence-electron chi connectivity index (χ1n) is 15.0. The van der Waals surface area contributed by atoms with Gasteiger partial charge in [-0.15, -0.1) is 11.8 Å². The molecule has 20 nitrogen and oxygen atoms in total. The maximum absolute atomic E-state index is 11.3. The topological polar surface area (TPSA) is 320 Å². The van der Waals surface area contributed by atoms with E-state index in [1.165, 1.54) is 11.8 Å². The molecule has 5 heterocycles. The van der Waals surface area contributed by atoms with Gasteiger partial charge in [0, 0.05) is 0 Å². The first kappa shape index (κ1) is 37.5. The van der Waals surface area contributed by atoms with E-state index in [2.05, 4.69) is 4.99 Å². The van der Waals surface area contributed by atoms with Gasteiger partial charge in [-0.3, -0.25) is 4.99 Å². The molecule has 0 saturated carbocycles. The van der Waals surface area contributed by atoms with Gasteiger partial charge < -0.3 is 94.4 Å². The van der Waals surface area contributed by atoms with Crippen molar-refractivity contribution in [2.45, 2.75) is 129 Å². The third-order valence-electron chi connectivity index (χ3n) is 8.78. The number of nitrogens with zero attached hydrogens (tertiary/aromatic N) is 1. The maximum Gasteiger partial charge on any atom is 0.187 e. The third-order valence-corrected chi connectivity index (χ3v) is 10.0. The second-order valence-corrected chi connectivity index (χ2v) is 13.3. The van der Waals surface area contributed by atoms with Gasteiger partial charge in [0.1, 0.15) is 85.5 Å². The Morgan fingerprint density at radius 2 is 1.06 bits per heavy atom. The van der Waals surface area contributed by atoms with Gasteiger partial charge in [0.2, 0.25) is 0 Å². The third kappa shape index (κ3) is 7.50. The molecule has 21 heteroatoms. The lowest BCUT2D eigenvalue weighted by Crippen LogP contribution is -2.66. The zero-order chi connectivity index (χ0) is 34.3. The van der Waals surface area contributed by atoms with Crippen LogP contribution in [0.2, 0.25) is 0 Å². The number of hydrogen-bond donors (Lipinski definition) is 12. The van der Waals surface area contributed by atoms with Crippen LogP contribution >= 0.6 is 11.8 Å². The van der Waals surface area contributed by atoms with Crippen molar-refractivity contribution in [2.24, 2.45) is 4.99 Å². The lowest BCUT2D eigenvalue weighted by molar-refractivity contribution is -0.376. The Labute approximate surface area is 271 Å². The summed E-state index contributed by atoms with van der Waals surface area (Å²) in [5.41, 5.74) is 0. The molecule has 0 spiro atoms. The molecule has 20 atom stereocenters. The number of thioether (sulfide) groups is 1. The number of aliphatic imine (C=N–C) groups is 1. The van der Waals surface area contributed by atoms with E-state index in [9.17, 15) is 61.3 Å². The fraction of sp³-hybridized carbons (Fsp3) is 0.962. The standard InChI is InChI=1S/C26H43NO19S/c1-6-27-23-22(47-6)18(38)20(9(4-30)41-23)45-26-19(39)21(46-25-17(37)15(35)12(32)8(3-29)43-25)13(33)10(44-26)5-40-24-16(36)14(34)11(31)7(2-28)42-24/h7-26,28-39H,2-5H2,1H3/t7-,8-,9-,10-,11-,12-,13-,14+,15+,16+,17+,18+,19+,20-,21+,22-,23+,24+,25-,26+/m1/s1. The molecule has 47 heavy (non-hydrogen) atoms. The molecule has 0 aromatic heterocycles. The second kappa shape index (κ2) is 15.7. The largest absolute Gasteiger partial charge is 0.394 e. The van der Waals surface area contributed by atoms with Crippen LogP contribution in [0.15, 0.2) is 4.99 Å². The zero-order valence-electron chi connectivity index (χ0n) is 25.0. The van der Waals surface area contributed by atoms with Gasteiger partial charge in [-0.05, 0) is 6.92 Å². The van der Waals surface area contributed by atoms with E-state index in [1.807, 2.05) is 0 Å². The molecule has 12 N–H and O–H groups in total. The minimum atomic E-state index is -1.93. The molecule has 0 bridgehead atoms. The summed E-state index contributed by atoms with van der Waals surface area (Å²) in [7, 11) is 0. The Morgan fingerprint density at radius 1 is 0.553 bits per heavy atom. The summed E-state index contributed by atoms with van der Waals surface area (Å²) >= 11 is 1.21. The number of fused-ring (bicyclic) bond motifs is 1. The Hall–Kier alpha value is -0.740. The lowest BCUT2D eigenvalue weighted by Gasteiger charge is -2.48. The van der Waals surface area contributed by atoms with Crippen LogP contribution in [0.3, 0.4) is 0 Å². The summed E-state index contributed by atoms with van der Waals surface area (Å²) in [5, 5.41) is 124. The van der Waals surface area contributed by atoms with Gasteiger partial charge in [-0.1, -0.05) is 0 Å². The van der Waals surface area contributed by atoms with Gasteiger partial charge >= 0.3 is 0 Å². The van der Waals surface area contributed by atoms with Crippen LogP contribution in [-0.4, -0.2) is 215 Å². The molecule has 0 aromatic carbocycles. The van der Waals surface area contributed by atoms with Gasteiger partial charge in [0.25, 0.3) is 0 Å². The summed E-state index contributed by atoms with van der Waals surface area (Å²) in [4.78, 5) is 4.29. The fourth-order valence-corrected chi connectivity index (χ4v) is 7.15. The van der Waals surface area contributed by atoms with Crippen LogP contribution in [-0.2, 0) is 33.2 Å². The van der Waals surface area contributed by atoms with E-state index in [1.54, 1.807) is 6.92 Å². The van der Waals surface area contributed by atoms with E-state index in [4.69, 9.17) is 33.2 Å². The lowest BCUT2D eigenvalue weighted by atomic mass is 9.96. The van der Waals surface area contributed by atoms with E-state index in [-0.39, 0.29) is 0 Å². The van der Waals surface area contributed by atoms with Gasteiger partial charge in [-0.25, -0.2) is 0 Å². The van der Waals surface area contributed by atoms with Crippen LogP contribution in [0.5, 0.6) is 0 Å². The highest BCUT2D eigenvalue weighted by Gasteiger charge is 2.55. The highest BCUT2D eigenvalue weighted by Crippen LogP contribution is 2.39. The molecule has 4 fully saturated rings. The van der Waals surface area contributed by atoms with Crippen LogP contribution in [0.1, 0.15) is 6.92 Å². The molecule has 0 radical (unpaired) electrons.